The van der Waals surface area contributed by atoms with E-state index in [9.17, 15) is 10.1 Å². The van der Waals surface area contributed by atoms with Crippen molar-refractivity contribution in [2.45, 2.75) is 6.04 Å². The highest BCUT2D eigenvalue weighted by Crippen LogP contribution is 2.31. The summed E-state index contributed by atoms with van der Waals surface area (Å²) in [4.78, 5) is 10.4. The van der Waals surface area contributed by atoms with E-state index in [1.54, 1.807) is 18.2 Å². The Balaban J connectivity index is 3.21. The van der Waals surface area contributed by atoms with Crippen LogP contribution in [-0.2, 0) is 0 Å². The van der Waals surface area contributed by atoms with Crippen molar-refractivity contribution in [2.24, 2.45) is 0 Å². The van der Waals surface area contributed by atoms with E-state index in [4.69, 9.17) is 9.47 Å². The van der Waals surface area contributed by atoms with E-state index in [0.29, 0.717) is 17.1 Å². The van der Waals surface area contributed by atoms with Gasteiger partial charge in [-0.1, -0.05) is 6.58 Å². The average molecular weight is 223 g/mol. The average Bonchev–Trinajstić information content (AvgIpc) is 2.29. The third-order valence-electron chi connectivity index (χ3n) is 2.21. The lowest BCUT2D eigenvalue weighted by atomic mass is 10.1. The number of nitro groups is 1. The van der Waals surface area contributed by atoms with Crippen molar-refractivity contribution in [1.82, 2.24) is 0 Å². The highest BCUT2D eigenvalue weighted by molar-refractivity contribution is 5.42. The van der Waals surface area contributed by atoms with Crippen LogP contribution >= 0.6 is 0 Å². The second kappa shape index (κ2) is 5.16. The third kappa shape index (κ3) is 2.31. The first-order chi connectivity index (χ1) is 7.63. The lowest BCUT2D eigenvalue weighted by molar-refractivity contribution is -0.515. The number of nitrogens with zero attached hydrogens (tertiary/aromatic N) is 1. The van der Waals surface area contributed by atoms with Crippen LogP contribution in [0.3, 0.4) is 0 Å². The molecule has 1 rings (SSSR count). The zero-order chi connectivity index (χ0) is 12.1. The Morgan fingerprint density at radius 1 is 1.44 bits per heavy atom. The van der Waals surface area contributed by atoms with Gasteiger partial charge in [-0.25, -0.2) is 0 Å². The number of rotatable bonds is 5. The van der Waals surface area contributed by atoms with Crippen molar-refractivity contribution >= 4 is 0 Å². The molecule has 0 heterocycles. The number of benzene rings is 1. The number of ether oxygens (including phenoxy) is 2. The summed E-state index contributed by atoms with van der Waals surface area (Å²) in [6.45, 7) is 3.45. The molecule has 86 valence electrons. The van der Waals surface area contributed by atoms with Gasteiger partial charge in [-0.05, 0) is 18.2 Å². The summed E-state index contributed by atoms with van der Waals surface area (Å²) in [5.41, 5.74) is 0.461. The Bertz CT molecular complexity index is 403. The van der Waals surface area contributed by atoms with E-state index in [2.05, 4.69) is 6.58 Å². The number of methoxy groups -OCH3 is 2. The lowest BCUT2D eigenvalue weighted by Gasteiger charge is -2.11. The highest BCUT2D eigenvalue weighted by Gasteiger charge is 2.23. The molecular formula is C11H13NO4. The summed E-state index contributed by atoms with van der Waals surface area (Å²) in [6.07, 6.45) is 1.27. The van der Waals surface area contributed by atoms with Gasteiger partial charge in [0.25, 0.3) is 6.04 Å². The minimum Gasteiger partial charge on any atom is -0.497 e. The summed E-state index contributed by atoms with van der Waals surface area (Å²) in [5, 5.41) is 10.8. The molecule has 0 amide bonds. The monoisotopic (exact) mass is 223 g/mol. The molecular weight excluding hydrogens is 210 g/mol. The Morgan fingerprint density at radius 2 is 2.12 bits per heavy atom. The molecule has 0 aromatic heterocycles. The van der Waals surface area contributed by atoms with E-state index in [1.165, 1.54) is 20.3 Å². The zero-order valence-corrected chi connectivity index (χ0v) is 9.17. The Morgan fingerprint density at radius 3 is 2.56 bits per heavy atom. The number of hydrogen-bond donors (Lipinski definition) is 0. The molecule has 0 bridgehead atoms. The van der Waals surface area contributed by atoms with Crippen LogP contribution in [0.5, 0.6) is 11.5 Å². The van der Waals surface area contributed by atoms with Crippen LogP contribution < -0.4 is 9.47 Å². The summed E-state index contributed by atoms with van der Waals surface area (Å²) in [7, 11) is 2.98. The first-order valence-electron chi connectivity index (χ1n) is 4.62. The Labute approximate surface area is 93.4 Å². The molecule has 1 aromatic rings. The van der Waals surface area contributed by atoms with Crippen molar-refractivity contribution in [3.63, 3.8) is 0 Å². The zero-order valence-electron chi connectivity index (χ0n) is 9.17. The van der Waals surface area contributed by atoms with Gasteiger partial charge in [0, 0.05) is 11.0 Å². The van der Waals surface area contributed by atoms with Crippen LogP contribution in [0.2, 0.25) is 0 Å². The van der Waals surface area contributed by atoms with Crippen LogP contribution in [0, 0.1) is 10.1 Å². The maximum absolute atomic E-state index is 10.8. The summed E-state index contributed by atoms with van der Waals surface area (Å²) in [5.74, 6) is 1.01. The molecule has 5 nitrogen and oxygen atoms in total. The summed E-state index contributed by atoms with van der Waals surface area (Å²) < 4.78 is 10.1. The summed E-state index contributed by atoms with van der Waals surface area (Å²) in [6, 6.07) is 3.89. The van der Waals surface area contributed by atoms with Gasteiger partial charge in [-0.15, -0.1) is 0 Å². The molecule has 0 N–H and O–H groups in total. The van der Waals surface area contributed by atoms with E-state index in [1.807, 2.05) is 0 Å². The molecule has 0 aliphatic rings. The molecule has 1 unspecified atom stereocenters. The molecule has 0 fully saturated rings. The molecule has 0 aliphatic heterocycles. The van der Waals surface area contributed by atoms with Crippen LogP contribution in [0.1, 0.15) is 11.6 Å². The van der Waals surface area contributed by atoms with Crippen LogP contribution in [0.4, 0.5) is 0 Å². The first-order valence-corrected chi connectivity index (χ1v) is 4.62. The molecule has 16 heavy (non-hydrogen) atoms. The Hall–Kier alpha value is -2.04. The van der Waals surface area contributed by atoms with Gasteiger partial charge in [-0.2, -0.15) is 0 Å². The fourth-order valence-electron chi connectivity index (χ4n) is 1.39. The van der Waals surface area contributed by atoms with Gasteiger partial charge in [0.2, 0.25) is 0 Å². The highest BCUT2D eigenvalue weighted by atomic mass is 16.6. The SMILES string of the molecule is C=CC(c1ccc(OC)cc1OC)[N+](=O)[O-]. The van der Waals surface area contributed by atoms with Crippen LogP contribution in [0.15, 0.2) is 30.9 Å². The van der Waals surface area contributed by atoms with Crippen molar-refractivity contribution in [2.75, 3.05) is 14.2 Å². The van der Waals surface area contributed by atoms with E-state index in [0.717, 1.165) is 0 Å². The minimum absolute atomic E-state index is 0.418. The predicted octanol–water partition coefficient (Wildman–Crippen LogP) is 2.21. The molecule has 1 aromatic carbocycles. The van der Waals surface area contributed by atoms with E-state index < -0.39 is 11.0 Å². The minimum atomic E-state index is -0.971. The molecule has 1 atom stereocenters. The summed E-state index contributed by atoms with van der Waals surface area (Å²) >= 11 is 0. The molecule has 0 saturated carbocycles. The Kier molecular flexibility index (Phi) is 3.88. The van der Waals surface area contributed by atoms with Crippen molar-refractivity contribution in [3.05, 3.63) is 46.5 Å². The largest absolute Gasteiger partial charge is 0.497 e. The standard InChI is InChI=1S/C11H13NO4/c1-4-10(12(13)14)9-6-5-8(15-2)7-11(9)16-3/h4-7,10H,1H2,2-3H3. The van der Waals surface area contributed by atoms with Crippen molar-refractivity contribution < 1.29 is 14.4 Å². The van der Waals surface area contributed by atoms with Gasteiger partial charge < -0.3 is 9.47 Å². The molecule has 0 saturated heterocycles. The fourth-order valence-corrected chi connectivity index (χ4v) is 1.39. The predicted molar refractivity (Wildman–Crippen MR) is 59.5 cm³/mol. The second-order valence-electron chi connectivity index (χ2n) is 3.07. The number of hydrogen-bond acceptors (Lipinski definition) is 4. The van der Waals surface area contributed by atoms with E-state index in [-0.39, 0.29) is 0 Å². The topological polar surface area (TPSA) is 61.6 Å². The second-order valence-corrected chi connectivity index (χ2v) is 3.07. The molecule has 0 radical (unpaired) electrons. The lowest BCUT2D eigenvalue weighted by Crippen LogP contribution is -2.08. The van der Waals surface area contributed by atoms with Crippen LogP contribution in [-0.4, -0.2) is 19.1 Å². The molecule has 0 aliphatic carbocycles. The maximum atomic E-state index is 10.8. The van der Waals surface area contributed by atoms with Gasteiger partial charge >= 0.3 is 0 Å². The van der Waals surface area contributed by atoms with E-state index >= 15 is 0 Å². The van der Waals surface area contributed by atoms with Crippen molar-refractivity contribution in [3.8, 4) is 11.5 Å². The van der Waals surface area contributed by atoms with Gasteiger partial charge in [-0.3, -0.25) is 10.1 Å². The van der Waals surface area contributed by atoms with Crippen LogP contribution in [0.25, 0.3) is 0 Å². The van der Waals surface area contributed by atoms with Crippen molar-refractivity contribution in [1.29, 1.82) is 0 Å². The quantitative estimate of drug-likeness (QED) is 0.436. The fraction of sp³-hybridized carbons (Fsp3) is 0.273. The maximum Gasteiger partial charge on any atom is 0.259 e. The van der Waals surface area contributed by atoms with Gasteiger partial charge in [0.05, 0.1) is 19.8 Å². The van der Waals surface area contributed by atoms with Gasteiger partial charge in [0.15, 0.2) is 0 Å². The van der Waals surface area contributed by atoms with Gasteiger partial charge in [0.1, 0.15) is 11.5 Å². The first kappa shape index (κ1) is 12.0. The molecule has 5 heteroatoms. The third-order valence-corrected chi connectivity index (χ3v) is 2.21. The normalized spacial score (nSPS) is 11.6. The molecule has 0 spiro atoms. The smallest absolute Gasteiger partial charge is 0.259 e.